The lowest BCUT2D eigenvalue weighted by Crippen LogP contribution is -2.44. The molecule has 0 amide bonds. The first kappa shape index (κ1) is 9.44. The smallest absolute Gasteiger partial charge is 0.0695 e. The Hall–Kier alpha value is -0.120. The maximum atomic E-state index is 9.74. The Kier molecular flexibility index (Phi) is 2.86. The van der Waals surface area contributed by atoms with Gasteiger partial charge in [-0.15, -0.1) is 0 Å². The van der Waals surface area contributed by atoms with Crippen molar-refractivity contribution in [1.82, 2.24) is 4.90 Å². The minimum atomic E-state index is -0.106. The summed E-state index contributed by atoms with van der Waals surface area (Å²) in [5, 5.41) is 9.74. The molecule has 1 N–H and O–H groups in total. The van der Waals surface area contributed by atoms with Crippen LogP contribution in [-0.4, -0.2) is 48.5 Å². The van der Waals surface area contributed by atoms with E-state index in [0.29, 0.717) is 12.1 Å². The van der Waals surface area contributed by atoms with Gasteiger partial charge in [0, 0.05) is 18.7 Å². The van der Waals surface area contributed by atoms with Crippen molar-refractivity contribution >= 4 is 0 Å². The molecule has 3 nitrogen and oxygen atoms in total. The van der Waals surface area contributed by atoms with Crippen LogP contribution in [0.25, 0.3) is 0 Å². The highest BCUT2D eigenvalue weighted by Gasteiger charge is 2.33. The first-order chi connectivity index (χ1) is 6.29. The van der Waals surface area contributed by atoms with E-state index >= 15 is 0 Å². The fourth-order valence-corrected chi connectivity index (χ4v) is 2.51. The van der Waals surface area contributed by atoms with E-state index in [9.17, 15) is 5.11 Å². The Morgan fingerprint density at radius 3 is 2.69 bits per heavy atom. The molecule has 0 spiro atoms. The molecule has 3 atom stereocenters. The van der Waals surface area contributed by atoms with Crippen LogP contribution in [0.5, 0.6) is 0 Å². The summed E-state index contributed by atoms with van der Waals surface area (Å²) in [6.45, 7) is 1.73. The summed E-state index contributed by atoms with van der Waals surface area (Å²) < 4.78 is 5.35. The largest absolute Gasteiger partial charge is 0.391 e. The van der Waals surface area contributed by atoms with E-state index in [0.717, 1.165) is 32.5 Å². The minimum Gasteiger partial charge on any atom is -0.391 e. The first-order valence-electron chi connectivity index (χ1n) is 5.27. The number of aliphatic hydroxyl groups is 1. The van der Waals surface area contributed by atoms with Crippen molar-refractivity contribution in [1.29, 1.82) is 0 Å². The summed E-state index contributed by atoms with van der Waals surface area (Å²) in [5.41, 5.74) is 0. The molecule has 1 saturated heterocycles. The summed E-state index contributed by atoms with van der Waals surface area (Å²) in [5.74, 6) is 0. The predicted octanol–water partition coefficient (Wildman–Crippen LogP) is 0.620. The second-order valence-electron chi connectivity index (χ2n) is 4.25. The zero-order valence-electron chi connectivity index (χ0n) is 8.28. The summed E-state index contributed by atoms with van der Waals surface area (Å²) in [4.78, 5) is 2.32. The molecular formula is C10H19NO2. The zero-order valence-corrected chi connectivity index (χ0v) is 8.28. The normalized spacial score (nSPS) is 40.4. The lowest BCUT2D eigenvalue weighted by molar-refractivity contribution is 0.0559. The molecule has 0 aromatic heterocycles. The van der Waals surface area contributed by atoms with Crippen molar-refractivity contribution in [3.05, 3.63) is 0 Å². The van der Waals surface area contributed by atoms with Gasteiger partial charge < -0.3 is 9.84 Å². The molecule has 1 saturated carbocycles. The Balaban J connectivity index is 1.91. The molecule has 2 fully saturated rings. The number of likely N-dealkylation sites (N-methyl/N-ethyl adjacent to an activating group) is 1. The van der Waals surface area contributed by atoms with Crippen molar-refractivity contribution in [2.45, 2.75) is 43.9 Å². The lowest BCUT2D eigenvalue weighted by Gasteiger charge is -2.31. The van der Waals surface area contributed by atoms with Crippen LogP contribution in [0.1, 0.15) is 25.7 Å². The van der Waals surface area contributed by atoms with Crippen molar-refractivity contribution < 1.29 is 9.84 Å². The third-order valence-corrected chi connectivity index (χ3v) is 3.45. The molecular weight excluding hydrogens is 166 g/mol. The summed E-state index contributed by atoms with van der Waals surface area (Å²) in [6, 6.07) is 0.921. The highest BCUT2D eigenvalue weighted by Crippen LogP contribution is 2.26. The second-order valence-corrected chi connectivity index (χ2v) is 4.25. The number of hydrogen-bond donors (Lipinski definition) is 1. The third-order valence-electron chi connectivity index (χ3n) is 3.45. The highest BCUT2D eigenvalue weighted by atomic mass is 16.5. The van der Waals surface area contributed by atoms with E-state index in [2.05, 4.69) is 11.9 Å². The maximum absolute atomic E-state index is 9.74. The van der Waals surface area contributed by atoms with Crippen molar-refractivity contribution in [2.24, 2.45) is 0 Å². The zero-order chi connectivity index (χ0) is 9.26. The molecule has 2 rings (SSSR count). The molecule has 1 aliphatic heterocycles. The van der Waals surface area contributed by atoms with E-state index in [-0.39, 0.29) is 6.10 Å². The molecule has 1 aliphatic carbocycles. The summed E-state index contributed by atoms with van der Waals surface area (Å²) >= 11 is 0. The average Bonchev–Trinajstić information content (AvgIpc) is 2.72. The third kappa shape index (κ3) is 1.87. The van der Waals surface area contributed by atoms with Crippen molar-refractivity contribution in [3.63, 3.8) is 0 Å². The monoisotopic (exact) mass is 185 g/mol. The minimum absolute atomic E-state index is 0.106. The molecule has 0 bridgehead atoms. The van der Waals surface area contributed by atoms with Crippen LogP contribution in [0.15, 0.2) is 0 Å². The van der Waals surface area contributed by atoms with Gasteiger partial charge >= 0.3 is 0 Å². The Labute approximate surface area is 79.7 Å². The number of nitrogens with zero attached hydrogens (tertiary/aromatic N) is 1. The topological polar surface area (TPSA) is 32.7 Å². The Bertz CT molecular complexity index is 168. The van der Waals surface area contributed by atoms with E-state index in [4.69, 9.17) is 4.74 Å². The number of ether oxygens (including phenoxy) is 1. The van der Waals surface area contributed by atoms with E-state index in [1.807, 2.05) is 0 Å². The van der Waals surface area contributed by atoms with Crippen LogP contribution in [-0.2, 0) is 4.74 Å². The Morgan fingerprint density at radius 2 is 2.15 bits per heavy atom. The molecule has 3 heteroatoms. The van der Waals surface area contributed by atoms with E-state index < -0.39 is 0 Å². The van der Waals surface area contributed by atoms with E-state index in [1.165, 1.54) is 6.42 Å². The number of hydrogen-bond acceptors (Lipinski definition) is 3. The van der Waals surface area contributed by atoms with Crippen molar-refractivity contribution in [2.75, 3.05) is 20.3 Å². The van der Waals surface area contributed by atoms with Gasteiger partial charge in [-0.25, -0.2) is 0 Å². The molecule has 3 unspecified atom stereocenters. The molecule has 1 heterocycles. The van der Waals surface area contributed by atoms with Gasteiger partial charge in [-0.1, -0.05) is 0 Å². The van der Waals surface area contributed by atoms with Gasteiger partial charge in [0.2, 0.25) is 0 Å². The number of aliphatic hydroxyl groups excluding tert-OH is 1. The molecule has 13 heavy (non-hydrogen) atoms. The van der Waals surface area contributed by atoms with Gasteiger partial charge in [-0.05, 0) is 32.7 Å². The van der Waals surface area contributed by atoms with E-state index in [1.54, 1.807) is 0 Å². The van der Waals surface area contributed by atoms with Crippen LogP contribution in [0, 0.1) is 0 Å². The van der Waals surface area contributed by atoms with Crippen LogP contribution in [0.4, 0.5) is 0 Å². The quantitative estimate of drug-likeness (QED) is 0.684. The standard InChI is InChI=1S/C10H19NO2/c1-11(8-5-6-13-7-8)9-3-2-4-10(9)12/h8-10,12H,2-7H2,1H3. The fourth-order valence-electron chi connectivity index (χ4n) is 2.51. The van der Waals surface area contributed by atoms with Crippen LogP contribution >= 0.6 is 0 Å². The molecule has 0 aromatic carbocycles. The van der Waals surface area contributed by atoms with Gasteiger partial charge in [-0.2, -0.15) is 0 Å². The molecule has 76 valence electrons. The van der Waals surface area contributed by atoms with Crippen LogP contribution in [0.3, 0.4) is 0 Å². The highest BCUT2D eigenvalue weighted by molar-refractivity contribution is 4.87. The first-order valence-corrected chi connectivity index (χ1v) is 5.27. The summed E-state index contributed by atoms with van der Waals surface area (Å²) in [7, 11) is 2.12. The molecule has 0 aromatic rings. The maximum Gasteiger partial charge on any atom is 0.0695 e. The lowest BCUT2D eigenvalue weighted by atomic mass is 10.1. The Morgan fingerprint density at radius 1 is 1.31 bits per heavy atom. The van der Waals surface area contributed by atoms with Gasteiger partial charge in [0.15, 0.2) is 0 Å². The molecule has 2 aliphatic rings. The van der Waals surface area contributed by atoms with Crippen LogP contribution in [0.2, 0.25) is 0 Å². The predicted molar refractivity (Wildman–Crippen MR) is 50.6 cm³/mol. The SMILES string of the molecule is CN(C1CCOC1)C1CCCC1O. The average molecular weight is 185 g/mol. The van der Waals surface area contributed by atoms with Crippen molar-refractivity contribution in [3.8, 4) is 0 Å². The van der Waals surface area contributed by atoms with Gasteiger partial charge in [0.05, 0.1) is 12.7 Å². The second kappa shape index (κ2) is 3.95. The molecule has 0 radical (unpaired) electrons. The fraction of sp³-hybridized carbons (Fsp3) is 1.00. The van der Waals surface area contributed by atoms with Gasteiger partial charge in [0.25, 0.3) is 0 Å². The van der Waals surface area contributed by atoms with Crippen LogP contribution < -0.4 is 0 Å². The summed E-state index contributed by atoms with van der Waals surface area (Å²) in [6.07, 6.45) is 4.31. The van der Waals surface area contributed by atoms with Gasteiger partial charge in [-0.3, -0.25) is 4.90 Å². The number of rotatable bonds is 2. The van der Waals surface area contributed by atoms with Gasteiger partial charge in [0.1, 0.15) is 0 Å².